The monoisotopic (exact) mass is 319 g/mol. The highest BCUT2D eigenvalue weighted by Crippen LogP contribution is 2.34. The molecule has 0 N–H and O–H groups in total. The van der Waals surface area contributed by atoms with E-state index in [4.69, 9.17) is 14.2 Å². The number of carbonyl (C=O) groups is 1. The van der Waals surface area contributed by atoms with Crippen LogP contribution in [0.15, 0.2) is 36.4 Å². The van der Waals surface area contributed by atoms with Gasteiger partial charge in [0.05, 0.1) is 20.3 Å². The van der Waals surface area contributed by atoms with Crippen molar-refractivity contribution < 1.29 is 24.1 Å². The molecule has 0 aliphatic heterocycles. The van der Waals surface area contributed by atoms with Crippen molar-refractivity contribution in [2.24, 2.45) is 0 Å². The minimum Gasteiger partial charge on any atom is -0.497 e. The Morgan fingerprint density at radius 1 is 1.09 bits per heavy atom. The number of amides is 1. The normalized spacial score (nSPS) is 13.2. The lowest BCUT2D eigenvalue weighted by atomic mass is 10.2. The first-order valence-electron chi connectivity index (χ1n) is 6.70. The number of carbonyl (C=O) groups excluding carboxylic acids is 1. The summed E-state index contributed by atoms with van der Waals surface area (Å²) in [5.74, 6) is 0.250. The number of quaternary nitrogens is 1. The first-order valence-corrected chi connectivity index (χ1v) is 6.70. The van der Waals surface area contributed by atoms with E-state index in [-0.39, 0.29) is 24.4 Å². The Balaban J connectivity index is 2.74. The maximum Gasteiger partial charge on any atom is 0.349 e. The van der Waals surface area contributed by atoms with Gasteiger partial charge in [0.15, 0.2) is 0 Å². The zero-order chi connectivity index (χ0) is 16.9. The van der Waals surface area contributed by atoms with Gasteiger partial charge in [-0.15, -0.1) is 9.97 Å². The summed E-state index contributed by atoms with van der Waals surface area (Å²) >= 11 is 0. The molecule has 0 bridgehead atoms. The smallest absolute Gasteiger partial charge is 0.349 e. The number of methoxy groups -OCH3 is 3. The van der Waals surface area contributed by atoms with Gasteiger partial charge in [0.1, 0.15) is 5.69 Å². The summed E-state index contributed by atoms with van der Waals surface area (Å²) in [5, 5.41) is 12.0. The molecule has 2 rings (SSSR count). The van der Waals surface area contributed by atoms with Gasteiger partial charge in [-0.25, -0.2) is 0 Å². The molecule has 0 radical (unpaired) electrons. The second-order valence-corrected chi connectivity index (χ2v) is 4.58. The minimum atomic E-state index is -1.44. The maximum absolute atomic E-state index is 12.0. The molecule has 1 aromatic carbocycles. The van der Waals surface area contributed by atoms with Crippen LogP contribution in [-0.2, 0) is 4.74 Å². The van der Waals surface area contributed by atoms with Crippen LogP contribution in [0.4, 0.5) is 16.4 Å². The van der Waals surface area contributed by atoms with Gasteiger partial charge in [0, 0.05) is 19.2 Å². The van der Waals surface area contributed by atoms with E-state index in [0.29, 0.717) is 5.69 Å². The average Bonchev–Trinajstić information content (AvgIpc) is 2.59. The highest BCUT2D eigenvalue weighted by Gasteiger charge is 2.40. The second kappa shape index (κ2) is 7.03. The molecule has 8 heteroatoms. The van der Waals surface area contributed by atoms with E-state index in [9.17, 15) is 9.90 Å². The standard InChI is InChI=1S/C15H17N3O5/c1-21-10-18(15(19)20,11-7-5-4-6-8-11)14-16-12(22-2)9-13(17-14)23-3/h4-9H,10H2,1-3H3. The summed E-state index contributed by atoms with van der Waals surface area (Å²) in [6.07, 6.45) is -1.44. The van der Waals surface area contributed by atoms with Crippen LogP contribution in [0.5, 0.6) is 11.8 Å². The van der Waals surface area contributed by atoms with Crippen molar-refractivity contribution in [3.63, 3.8) is 0 Å². The number of hydrogen-bond donors (Lipinski definition) is 0. The molecular formula is C15H17N3O5. The SMILES string of the molecule is COC[N+](C(=O)[O-])(c1ccccc1)c1nc(OC)cc(OC)n1. The number of para-hydroxylation sites is 1. The Kier molecular flexibility index (Phi) is 5.09. The van der Waals surface area contributed by atoms with E-state index < -0.39 is 10.6 Å². The van der Waals surface area contributed by atoms with Crippen LogP contribution < -0.4 is 19.1 Å². The number of aromatic nitrogens is 2. The van der Waals surface area contributed by atoms with Crippen molar-refractivity contribution in [3.05, 3.63) is 36.4 Å². The van der Waals surface area contributed by atoms with Gasteiger partial charge in [-0.1, -0.05) is 18.2 Å². The number of nitrogens with zero attached hydrogens (tertiary/aromatic N) is 3. The summed E-state index contributed by atoms with van der Waals surface area (Å²) < 4.78 is 14.4. The fourth-order valence-electron chi connectivity index (χ4n) is 2.14. The molecule has 0 aliphatic carbocycles. The lowest BCUT2D eigenvalue weighted by Crippen LogP contribution is -2.58. The summed E-state index contributed by atoms with van der Waals surface area (Å²) in [5.41, 5.74) is 0.379. The third-order valence-electron chi connectivity index (χ3n) is 3.26. The van der Waals surface area contributed by atoms with Gasteiger partial charge < -0.3 is 24.1 Å². The Morgan fingerprint density at radius 3 is 2.09 bits per heavy atom. The molecule has 122 valence electrons. The lowest BCUT2D eigenvalue weighted by molar-refractivity contribution is -0.263. The molecule has 0 spiro atoms. The predicted octanol–water partition coefficient (Wildman–Crippen LogP) is 1.08. The summed E-state index contributed by atoms with van der Waals surface area (Å²) in [6, 6.07) is 9.89. The van der Waals surface area contributed by atoms with Crippen molar-refractivity contribution in [2.75, 3.05) is 28.1 Å². The predicted molar refractivity (Wildman–Crippen MR) is 80.3 cm³/mol. The van der Waals surface area contributed by atoms with Gasteiger partial charge in [0.2, 0.25) is 18.5 Å². The van der Waals surface area contributed by atoms with E-state index >= 15 is 0 Å². The molecule has 23 heavy (non-hydrogen) atoms. The molecule has 1 aromatic heterocycles. The Hall–Kier alpha value is -2.71. The molecule has 1 atom stereocenters. The van der Waals surface area contributed by atoms with Crippen molar-refractivity contribution in [2.45, 2.75) is 0 Å². The number of benzene rings is 1. The van der Waals surface area contributed by atoms with Gasteiger partial charge in [-0.05, 0) is 0 Å². The number of ether oxygens (including phenoxy) is 3. The van der Waals surface area contributed by atoms with Crippen molar-refractivity contribution in [1.82, 2.24) is 14.5 Å². The van der Waals surface area contributed by atoms with Gasteiger partial charge in [-0.3, -0.25) is 0 Å². The van der Waals surface area contributed by atoms with E-state index in [0.717, 1.165) is 0 Å². The third kappa shape index (κ3) is 3.08. The van der Waals surface area contributed by atoms with Crippen LogP contribution in [0, 0.1) is 0 Å². The molecule has 0 saturated heterocycles. The first-order chi connectivity index (χ1) is 11.1. The average molecular weight is 319 g/mol. The first kappa shape index (κ1) is 16.7. The number of hydrogen-bond acceptors (Lipinski definition) is 7. The van der Waals surface area contributed by atoms with Crippen LogP contribution in [0.2, 0.25) is 0 Å². The molecule has 1 unspecified atom stereocenters. The van der Waals surface area contributed by atoms with Crippen LogP contribution in [-0.4, -0.2) is 44.1 Å². The fourth-order valence-corrected chi connectivity index (χ4v) is 2.14. The molecule has 0 saturated carbocycles. The van der Waals surface area contributed by atoms with Crippen molar-refractivity contribution >= 4 is 17.7 Å². The Bertz CT molecular complexity index is 658. The molecule has 0 aliphatic rings. The van der Waals surface area contributed by atoms with Gasteiger partial charge >= 0.3 is 5.95 Å². The van der Waals surface area contributed by atoms with Crippen molar-refractivity contribution in [1.29, 1.82) is 0 Å². The summed E-state index contributed by atoms with van der Waals surface area (Å²) in [6.45, 7) is -0.261. The molecular weight excluding hydrogens is 302 g/mol. The maximum atomic E-state index is 12.0. The highest BCUT2D eigenvalue weighted by atomic mass is 16.5. The quantitative estimate of drug-likeness (QED) is 0.581. The topological polar surface area (TPSA) is 93.6 Å². The molecule has 2 aromatic rings. The van der Waals surface area contributed by atoms with E-state index in [1.807, 2.05) is 0 Å². The van der Waals surface area contributed by atoms with Gasteiger partial charge in [0.25, 0.3) is 6.09 Å². The van der Waals surface area contributed by atoms with E-state index in [1.165, 1.54) is 27.4 Å². The zero-order valence-corrected chi connectivity index (χ0v) is 13.1. The lowest BCUT2D eigenvalue weighted by Gasteiger charge is -2.33. The Labute approximate surface area is 133 Å². The second-order valence-electron chi connectivity index (χ2n) is 4.58. The molecule has 8 nitrogen and oxygen atoms in total. The molecule has 1 amide bonds. The minimum absolute atomic E-state index is 0.0887. The summed E-state index contributed by atoms with van der Waals surface area (Å²) in [7, 11) is 4.21. The zero-order valence-electron chi connectivity index (χ0n) is 13.1. The van der Waals surface area contributed by atoms with Crippen LogP contribution in [0.3, 0.4) is 0 Å². The van der Waals surface area contributed by atoms with E-state index in [2.05, 4.69) is 9.97 Å². The van der Waals surface area contributed by atoms with Crippen LogP contribution in [0.1, 0.15) is 0 Å². The highest BCUT2D eigenvalue weighted by molar-refractivity contribution is 5.85. The molecule has 0 fully saturated rings. The number of rotatable bonds is 6. The molecule has 1 heterocycles. The summed E-state index contributed by atoms with van der Waals surface area (Å²) in [4.78, 5) is 20.3. The third-order valence-corrected chi connectivity index (χ3v) is 3.26. The van der Waals surface area contributed by atoms with Crippen LogP contribution in [0.25, 0.3) is 0 Å². The van der Waals surface area contributed by atoms with E-state index in [1.54, 1.807) is 30.3 Å². The largest absolute Gasteiger partial charge is 0.497 e. The van der Waals surface area contributed by atoms with Crippen molar-refractivity contribution in [3.8, 4) is 11.8 Å². The fraction of sp³-hybridized carbons (Fsp3) is 0.267. The Morgan fingerprint density at radius 2 is 1.65 bits per heavy atom. The van der Waals surface area contributed by atoms with Gasteiger partial charge in [-0.2, -0.15) is 4.48 Å². The van der Waals surface area contributed by atoms with Crippen LogP contribution >= 0.6 is 0 Å². The number of carboxylic acid groups (broad SMARTS) is 1.